The number of likely N-dealkylation sites (tertiary alicyclic amines) is 1. The summed E-state index contributed by atoms with van der Waals surface area (Å²) in [6, 6.07) is 9.97. The third kappa shape index (κ3) is 1.95. The zero-order chi connectivity index (χ0) is 14.3. The molecule has 106 valence electrons. The van der Waals surface area contributed by atoms with Gasteiger partial charge in [-0.1, -0.05) is 30.3 Å². The molecule has 0 spiro atoms. The van der Waals surface area contributed by atoms with Crippen LogP contribution >= 0.6 is 0 Å². The molecular formula is C16H19NO3. The molecule has 2 fully saturated rings. The van der Waals surface area contributed by atoms with Crippen molar-refractivity contribution in [3.05, 3.63) is 35.9 Å². The molecule has 4 heteroatoms. The lowest BCUT2D eigenvalue weighted by molar-refractivity contribution is -0.152. The van der Waals surface area contributed by atoms with Gasteiger partial charge < -0.3 is 4.74 Å². The standard InChI is InChI=1S/C16H19NO3/c1-10(11-6-4-3-5-7-11)17-12-8-13(14(18)9-12)15(17)16(19)20-2/h3-7,10,12-13,15H,8-9H2,1-2H3/t10-,12+,13-,15+/m1/s1. The van der Waals surface area contributed by atoms with Gasteiger partial charge in [-0.25, -0.2) is 0 Å². The molecule has 4 nitrogen and oxygen atoms in total. The molecular weight excluding hydrogens is 254 g/mol. The lowest BCUT2D eigenvalue weighted by atomic mass is 9.94. The number of carbonyl (C=O) groups is 2. The number of methoxy groups -OCH3 is 1. The predicted octanol–water partition coefficient (Wildman–Crippen LogP) is 1.95. The van der Waals surface area contributed by atoms with Crippen LogP contribution in [0.1, 0.15) is 31.4 Å². The normalized spacial score (nSPS) is 30.5. The molecule has 0 N–H and O–H groups in total. The first kappa shape index (κ1) is 13.3. The first-order valence-electron chi connectivity index (χ1n) is 7.06. The molecule has 0 unspecified atom stereocenters. The van der Waals surface area contributed by atoms with Crippen molar-refractivity contribution in [2.75, 3.05) is 7.11 Å². The summed E-state index contributed by atoms with van der Waals surface area (Å²) in [6.45, 7) is 2.09. The Balaban J connectivity index is 1.91. The van der Waals surface area contributed by atoms with E-state index in [9.17, 15) is 9.59 Å². The Hall–Kier alpha value is -1.68. The highest BCUT2D eigenvalue weighted by atomic mass is 16.5. The third-order valence-corrected chi connectivity index (χ3v) is 4.67. The minimum absolute atomic E-state index is 0.114. The summed E-state index contributed by atoms with van der Waals surface area (Å²) in [5.74, 6) is -0.256. The molecule has 1 saturated heterocycles. The number of hydrogen-bond acceptors (Lipinski definition) is 4. The maximum absolute atomic E-state index is 12.1. The zero-order valence-corrected chi connectivity index (χ0v) is 11.8. The van der Waals surface area contributed by atoms with Gasteiger partial charge in [0.05, 0.1) is 7.11 Å². The van der Waals surface area contributed by atoms with E-state index in [2.05, 4.69) is 24.0 Å². The summed E-state index contributed by atoms with van der Waals surface area (Å²) < 4.78 is 4.92. The highest BCUT2D eigenvalue weighted by Gasteiger charge is 2.55. The Morgan fingerprint density at radius 2 is 2.05 bits per heavy atom. The third-order valence-electron chi connectivity index (χ3n) is 4.67. The Morgan fingerprint density at radius 3 is 2.70 bits per heavy atom. The van der Waals surface area contributed by atoms with Crippen LogP contribution in [0.15, 0.2) is 30.3 Å². The van der Waals surface area contributed by atoms with Crippen molar-refractivity contribution in [1.29, 1.82) is 0 Å². The fourth-order valence-electron chi connectivity index (χ4n) is 3.73. The lowest BCUT2D eigenvalue weighted by Gasteiger charge is -2.37. The molecule has 1 saturated carbocycles. The van der Waals surface area contributed by atoms with E-state index in [1.54, 1.807) is 0 Å². The summed E-state index contributed by atoms with van der Waals surface area (Å²) in [6.07, 6.45) is 1.35. The second-order valence-electron chi connectivity index (χ2n) is 5.67. The number of benzene rings is 1. The molecule has 0 radical (unpaired) electrons. The second-order valence-corrected chi connectivity index (χ2v) is 5.67. The van der Waals surface area contributed by atoms with E-state index in [4.69, 9.17) is 4.74 Å². The lowest BCUT2D eigenvalue weighted by Crippen LogP contribution is -2.50. The number of ketones is 1. The number of rotatable bonds is 3. The molecule has 1 aromatic carbocycles. The number of piperidine rings is 1. The first-order valence-corrected chi connectivity index (χ1v) is 7.06. The minimum Gasteiger partial charge on any atom is -0.468 e. The number of ether oxygens (including phenoxy) is 1. The van der Waals surface area contributed by atoms with Gasteiger partial charge in [0.25, 0.3) is 0 Å². The summed E-state index contributed by atoms with van der Waals surface area (Å²) in [5.41, 5.74) is 1.17. The van der Waals surface area contributed by atoms with Crippen LogP contribution in [-0.2, 0) is 14.3 Å². The molecule has 20 heavy (non-hydrogen) atoms. The molecule has 1 aliphatic heterocycles. The van der Waals surface area contributed by atoms with E-state index >= 15 is 0 Å². The van der Waals surface area contributed by atoms with Crippen LogP contribution in [0.2, 0.25) is 0 Å². The summed E-state index contributed by atoms with van der Waals surface area (Å²) in [7, 11) is 1.39. The largest absolute Gasteiger partial charge is 0.468 e. The van der Waals surface area contributed by atoms with Gasteiger partial charge in [0.2, 0.25) is 0 Å². The van der Waals surface area contributed by atoms with Crippen LogP contribution in [0.4, 0.5) is 0 Å². The zero-order valence-electron chi connectivity index (χ0n) is 11.8. The fraction of sp³-hybridized carbons (Fsp3) is 0.500. The molecule has 0 aromatic heterocycles. The van der Waals surface area contributed by atoms with E-state index in [0.717, 1.165) is 6.42 Å². The van der Waals surface area contributed by atoms with Crippen molar-refractivity contribution in [3.63, 3.8) is 0 Å². The fourth-order valence-corrected chi connectivity index (χ4v) is 3.73. The van der Waals surface area contributed by atoms with E-state index in [1.807, 2.05) is 18.2 Å². The van der Waals surface area contributed by atoms with E-state index in [-0.39, 0.29) is 29.8 Å². The van der Waals surface area contributed by atoms with Crippen molar-refractivity contribution in [3.8, 4) is 0 Å². The molecule has 1 heterocycles. The summed E-state index contributed by atoms with van der Waals surface area (Å²) in [5, 5.41) is 0. The quantitative estimate of drug-likeness (QED) is 0.790. The monoisotopic (exact) mass is 273 g/mol. The molecule has 1 aromatic rings. The van der Waals surface area contributed by atoms with Gasteiger partial charge in [0.1, 0.15) is 11.8 Å². The summed E-state index contributed by atoms with van der Waals surface area (Å²) >= 11 is 0. The highest BCUT2D eigenvalue weighted by molar-refractivity contribution is 5.92. The Labute approximate surface area is 118 Å². The van der Waals surface area contributed by atoms with Gasteiger partial charge in [0.15, 0.2) is 0 Å². The average Bonchev–Trinajstić information content (AvgIpc) is 3.03. The number of esters is 1. The van der Waals surface area contributed by atoms with Crippen LogP contribution in [0.25, 0.3) is 0 Å². The summed E-state index contributed by atoms with van der Waals surface area (Å²) in [4.78, 5) is 26.2. The predicted molar refractivity (Wildman–Crippen MR) is 74.0 cm³/mol. The Morgan fingerprint density at radius 1 is 1.35 bits per heavy atom. The maximum atomic E-state index is 12.1. The Bertz CT molecular complexity index is 528. The van der Waals surface area contributed by atoms with Gasteiger partial charge >= 0.3 is 5.97 Å². The van der Waals surface area contributed by atoms with E-state index < -0.39 is 6.04 Å². The van der Waals surface area contributed by atoms with Crippen molar-refractivity contribution in [2.45, 2.75) is 37.9 Å². The average molecular weight is 273 g/mol. The highest BCUT2D eigenvalue weighted by Crippen LogP contribution is 2.45. The smallest absolute Gasteiger partial charge is 0.323 e. The van der Waals surface area contributed by atoms with Crippen LogP contribution in [0.3, 0.4) is 0 Å². The van der Waals surface area contributed by atoms with Gasteiger partial charge in [-0.15, -0.1) is 0 Å². The SMILES string of the molecule is COC(=O)[C@@H]1[C@@H]2C[C@@H](CC2=O)N1[C@H](C)c1ccccc1. The van der Waals surface area contributed by atoms with Gasteiger partial charge in [0, 0.05) is 24.4 Å². The van der Waals surface area contributed by atoms with Crippen molar-refractivity contribution >= 4 is 11.8 Å². The Kier molecular flexibility index (Phi) is 3.34. The van der Waals surface area contributed by atoms with Gasteiger partial charge in [-0.2, -0.15) is 0 Å². The number of nitrogens with zero attached hydrogens (tertiary/aromatic N) is 1. The van der Waals surface area contributed by atoms with Crippen molar-refractivity contribution in [1.82, 2.24) is 4.90 Å². The minimum atomic E-state index is -0.415. The van der Waals surface area contributed by atoms with Gasteiger partial charge in [-0.3, -0.25) is 14.5 Å². The molecule has 0 amide bonds. The van der Waals surface area contributed by atoms with Crippen LogP contribution in [-0.4, -0.2) is 35.8 Å². The maximum Gasteiger partial charge on any atom is 0.323 e. The van der Waals surface area contributed by atoms with Crippen molar-refractivity contribution < 1.29 is 14.3 Å². The topological polar surface area (TPSA) is 46.6 Å². The number of Topliss-reactive ketones (excluding diaryl/α,β-unsaturated/α-hetero) is 1. The van der Waals surface area contributed by atoms with E-state index in [0.29, 0.717) is 6.42 Å². The van der Waals surface area contributed by atoms with Crippen LogP contribution in [0, 0.1) is 5.92 Å². The van der Waals surface area contributed by atoms with Crippen LogP contribution in [0.5, 0.6) is 0 Å². The van der Waals surface area contributed by atoms with Crippen LogP contribution < -0.4 is 0 Å². The number of carbonyl (C=O) groups excluding carboxylic acids is 2. The van der Waals surface area contributed by atoms with Crippen molar-refractivity contribution in [2.24, 2.45) is 5.92 Å². The molecule has 1 aliphatic carbocycles. The first-order chi connectivity index (χ1) is 9.63. The van der Waals surface area contributed by atoms with Gasteiger partial charge in [-0.05, 0) is 18.9 Å². The molecule has 2 bridgehead atoms. The molecule has 2 aliphatic rings. The number of hydrogen-bond donors (Lipinski definition) is 0. The van der Waals surface area contributed by atoms with E-state index in [1.165, 1.54) is 12.7 Å². The molecule has 4 atom stereocenters. The molecule has 3 rings (SSSR count). The number of fused-ring (bicyclic) bond motifs is 2. The second kappa shape index (κ2) is 5.02.